The standard InChI is InChI=1S/C11H18N4/c1-8-6-9(2)15-11(14-8)13-7-10-4-3-5-12-10/h6,10,12H,3-5,7H2,1-2H3,(H,13,14,15)/t10-/m0/s1. The van der Waals surface area contributed by atoms with Gasteiger partial charge in [-0.3, -0.25) is 0 Å². The Bertz CT molecular complexity index is 311. The molecular formula is C11H18N4. The van der Waals surface area contributed by atoms with Crippen LogP contribution in [0.5, 0.6) is 0 Å². The summed E-state index contributed by atoms with van der Waals surface area (Å²) >= 11 is 0. The molecule has 4 heteroatoms. The van der Waals surface area contributed by atoms with Gasteiger partial charge in [-0.2, -0.15) is 0 Å². The highest BCUT2D eigenvalue weighted by molar-refractivity contribution is 5.27. The Labute approximate surface area is 90.5 Å². The van der Waals surface area contributed by atoms with Gasteiger partial charge >= 0.3 is 0 Å². The van der Waals surface area contributed by atoms with Crippen LogP contribution in [0.3, 0.4) is 0 Å². The summed E-state index contributed by atoms with van der Waals surface area (Å²) in [4.78, 5) is 8.69. The first-order valence-corrected chi connectivity index (χ1v) is 5.53. The molecule has 82 valence electrons. The molecule has 0 bridgehead atoms. The monoisotopic (exact) mass is 206 g/mol. The second kappa shape index (κ2) is 4.57. The van der Waals surface area contributed by atoms with Crippen molar-refractivity contribution in [2.24, 2.45) is 0 Å². The molecule has 2 heterocycles. The van der Waals surface area contributed by atoms with E-state index in [1.165, 1.54) is 12.8 Å². The van der Waals surface area contributed by atoms with Gasteiger partial charge in [0.05, 0.1) is 0 Å². The first-order chi connectivity index (χ1) is 7.24. The van der Waals surface area contributed by atoms with Crippen LogP contribution in [-0.4, -0.2) is 29.1 Å². The fourth-order valence-electron chi connectivity index (χ4n) is 1.95. The van der Waals surface area contributed by atoms with Crippen LogP contribution in [0.15, 0.2) is 6.07 Å². The second-order valence-electron chi connectivity index (χ2n) is 4.15. The SMILES string of the molecule is Cc1cc(C)nc(NC[C@@H]2CCCN2)n1. The summed E-state index contributed by atoms with van der Waals surface area (Å²) in [6.45, 7) is 6.05. The fraction of sp³-hybridized carbons (Fsp3) is 0.636. The van der Waals surface area contributed by atoms with Crippen molar-refractivity contribution in [1.82, 2.24) is 15.3 Å². The van der Waals surface area contributed by atoms with Gasteiger partial charge in [0.2, 0.25) is 5.95 Å². The van der Waals surface area contributed by atoms with Gasteiger partial charge in [0, 0.05) is 24.0 Å². The van der Waals surface area contributed by atoms with E-state index < -0.39 is 0 Å². The van der Waals surface area contributed by atoms with Gasteiger partial charge < -0.3 is 10.6 Å². The summed E-state index contributed by atoms with van der Waals surface area (Å²) in [6.07, 6.45) is 2.53. The fourth-order valence-corrected chi connectivity index (χ4v) is 1.95. The molecule has 2 rings (SSSR count). The van der Waals surface area contributed by atoms with Crippen molar-refractivity contribution >= 4 is 5.95 Å². The van der Waals surface area contributed by atoms with Crippen molar-refractivity contribution in [3.05, 3.63) is 17.5 Å². The van der Waals surface area contributed by atoms with Crippen LogP contribution < -0.4 is 10.6 Å². The molecule has 1 saturated heterocycles. The maximum Gasteiger partial charge on any atom is 0.223 e. The normalized spacial score (nSPS) is 20.5. The Hall–Kier alpha value is -1.16. The lowest BCUT2D eigenvalue weighted by Gasteiger charge is -2.11. The van der Waals surface area contributed by atoms with E-state index in [-0.39, 0.29) is 0 Å². The highest BCUT2D eigenvalue weighted by Gasteiger charge is 2.13. The number of hydrogen-bond acceptors (Lipinski definition) is 4. The van der Waals surface area contributed by atoms with Gasteiger partial charge in [0.25, 0.3) is 0 Å². The third-order valence-electron chi connectivity index (χ3n) is 2.65. The first kappa shape index (κ1) is 10.4. The van der Waals surface area contributed by atoms with Gasteiger partial charge in [-0.05, 0) is 39.3 Å². The molecule has 1 aromatic rings. The van der Waals surface area contributed by atoms with E-state index in [2.05, 4.69) is 20.6 Å². The van der Waals surface area contributed by atoms with E-state index >= 15 is 0 Å². The van der Waals surface area contributed by atoms with Crippen LogP contribution in [0, 0.1) is 13.8 Å². The molecule has 1 aromatic heterocycles. The van der Waals surface area contributed by atoms with Crippen LogP contribution >= 0.6 is 0 Å². The number of nitrogens with one attached hydrogen (secondary N) is 2. The zero-order valence-corrected chi connectivity index (χ0v) is 9.38. The molecule has 2 N–H and O–H groups in total. The molecule has 1 atom stereocenters. The van der Waals surface area contributed by atoms with Crippen molar-refractivity contribution in [2.45, 2.75) is 32.7 Å². The van der Waals surface area contributed by atoms with E-state index in [0.29, 0.717) is 6.04 Å². The first-order valence-electron chi connectivity index (χ1n) is 5.53. The predicted molar refractivity (Wildman–Crippen MR) is 61.0 cm³/mol. The number of hydrogen-bond donors (Lipinski definition) is 2. The van der Waals surface area contributed by atoms with Crippen LogP contribution in [0.25, 0.3) is 0 Å². The van der Waals surface area contributed by atoms with Crippen LogP contribution in [0.2, 0.25) is 0 Å². The molecule has 0 saturated carbocycles. The molecule has 1 aliphatic heterocycles. The summed E-state index contributed by atoms with van der Waals surface area (Å²) in [5.74, 6) is 0.751. The minimum atomic E-state index is 0.578. The summed E-state index contributed by atoms with van der Waals surface area (Å²) in [5, 5.41) is 6.72. The third-order valence-corrected chi connectivity index (χ3v) is 2.65. The summed E-state index contributed by atoms with van der Waals surface area (Å²) in [7, 11) is 0. The van der Waals surface area contributed by atoms with Crippen LogP contribution in [0.1, 0.15) is 24.2 Å². The zero-order chi connectivity index (χ0) is 10.7. The Balaban J connectivity index is 1.92. The largest absolute Gasteiger partial charge is 0.353 e. The zero-order valence-electron chi connectivity index (χ0n) is 9.38. The minimum absolute atomic E-state index is 0.578. The lowest BCUT2D eigenvalue weighted by Crippen LogP contribution is -2.29. The van der Waals surface area contributed by atoms with Gasteiger partial charge in [-0.15, -0.1) is 0 Å². The van der Waals surface area contributed by atoms with Crippen molar-refractivity contribution in [3.63, 3.8) is 0 Å². The molecule has 1 aliphatic rings. The predicted octanol–water partition coefficient (Wildman–Crippen LogP) is 1.26. The number of aryl methyl sites for hydroxylation is 2. The Morgan fingerprint density at radius 1 is 1.40 bits per heavy atom. The minimum Gasteiger partial charge on any atom is -0.353 e. The number of rotatable bonds is 3. The van der Waals surface area contributed by atoms with E-state index in [4.69, 9.17) is 0 Å². The summed E-state index contributed by atoms with van der Waals surface area (Å²) < 4.78 is 0. The molecule has 1 fully saturated rings. The van der Waals surface area contributed by atoms with E-state index in [1.807, 2.05) is 19.9 Å². The lowest BCUT2D eigenvalue weighted by molar-refractivity contribution is 0.631. The molecule has 0 spiro atoms. The van der Waals surface area contributed by atoms with Gasteiger partial charge in [-0.1, -0.05) is 0 Å². The number of aromatic nitrogens is 2. The maximum atomic E-state index is 4.34. The average Bonchev–Trinajstić information content (AvgIpc) is 2.65. The molecule has 0 radical (unpaired) electrons. The summed E-state index contributed by atoms with van der Waals surface area (Å²) in [5.41, 5.74) is 2.04. The molecule has 0 unspecified atom stereocenters. The van der Waals surface area contributed by atoms with Gasteiger partial charge in [0.15, 0.2) is 0 Å². The lowest BCUT2D eigenvalue weighted by atomic mass is 10.2. The average molecular weight is 206 g/mol. The second-order valence-corrected chi connectivity index (χ2v) is 4.15. The number of anilines is 1. The molecule has 0 aromatic carbocycles. The molecule has 15 heavy (non-hydrogen) atoms. The van der Waals surface area contributed by atoms with Crippen LogP contribution in [0.4, 0.5) is 5.95 Å². The van der Waals surface area contributed by atoms with Crippen molar-refractivity contribution in [3.8, 4) is 0 Å². The molecular weight excluding hydrogens is 188 g/mol. The maximum absolute atomic E-state index is 4.34. The van der Waals surface area contributed by atoms with Gasteiger partial charge in [-0.25, -0.2) is 9.97 Å². The Kier molecular flexibility index (Phi) is 3.16. The molecule has 4 nitrogen and oxygen atoms in total. The van der Waals surface area contributed by atoms with E-state index in [1.54, 1.807) is 0 Å². The van der Waals surface area contributed by atoms with Crippen molar-refractivity contribution < 1.29 is 0 Å². The summed E-state index contributed by atoms with van der Waals surface area (Å²) in [6, 6.07) is 2.56. The highest BCUT2D eigenvalue weighted by Crippen LogP contribution is 2.07. The topological polar surface area (TPSA) is 49.8 Å². The van der Waals surface area contributed by atoms with E-state index in [0.717, 1.165) is 30.4 Å². The van der Waals surface area contributed by atoms with Gasteiger partial charge in [0.1, 0.15) is 0 Å². The number of nitrogens with zero attached hydrogens (tertiary/aromatic N) is 2. The van der Waals surface area contributed by atoms with Crippen LogP contribution in [-0.2, 0) is 0 Å². The smallest absolute Gasteiger partial charge is 0.223 e. The highest BCUT2D eigenvalue weighted by atomic mass is 15.1. The van der Waals surface area contributed by atoms with E-state index in [9.17, 15) is 0 Å². The van der Waals surface area contributed by atoms with Crippen molar-refractivity contribution in [2.75, 3.05) is 18.4 Å². The Morgan fingerprint density at radius 3 is 2.73 bits per heavy atom. The Morgan fingerprint density at radius 2 is 2.13 bits per heavy atom. The van der Waals surface area contributed by atoms with Crippen molar-refractivity contribution in [1.29, 1.82) is 0 Å². The molecule has 0 amide bonds. The third kappa shape index (κ3) is 2.89. The molecule has 0 aliphatic carbocycles. The quantitative estimate of drug-likeness (QED) is 0.781.